The summed E-state index contributed by atoms with van der Waals surface area (Å²) in [6.45, 7) is 2.98. The Balaban J connectivity index is 2.03. The quantitative estimate of drug-likeness (QED) is 0.750. The van der Waals surface area contributed by atoms with Crippen molar-refractivity contribution in [2.24, 2.45) is 0 Å². The highest BCUT2D eigenvalue weighted by molar-refractivity contribution is 9.10. The van der Waals surface area contributed by atoms with Gasteiger partial charge in [0.15, 0.2) is 0 Å². The van der Waals surface area contributed by atoms with Gasteiger partial charge >= 0.3 is 0 Å². The predicted octanol–water partition coefficient (Wildman–Crippen LogP) is 3.79. The number of hydrogen-bond acceptors (Lipinski definition) is 4. The summed E-state index contributed by atoms with van der Waals surface area (Å²) >= 11 is 5.24. The van der Waals surface area contributed by atoms with E-state index in [0.29, 0.717) is 0 Å². The maximum atomic E-state index is 4.24. The molecular formula is C15H15BrN4S. The average Bonchev–Trinajstić information content (AvgIpc) is 3.15. The Morgan fingerprint density at radius 3 is 2.81 bits per heavy atom. The maximum absolute atomic E-state index is 4.24. The molecule has 1 atom stereocenters. The second kappa shape index (κ2) is 6.51. The number of para-hydroxylation sites is 1. The van der Waals surface area contributed by atoms with Gasteiger partial charge in [-0.15, -0.1) is 16.4 Å². The minimum absolute atomic E-state index is 0.0847. The fraction of sp³-hybridized carbons (Fsp3) is 0.200. The van der Waals surface area contributed by atoms with Gasteiger partial charge in [0.1, 0.15) is 0 Å². The van der Waals surface area contributed by atoms with Crippen LogP contribution in [-0.4, -0.2) is 21.5 Å². The molecule has 0 aliphatic rings. The first-order valence-electron chi connectivity index (χ1n) is 6.73. The van der Waals surface area contributed by atoms with Crippen molar-refractivity contribution in [1.29, 1.82) is 0 Å². The van der Waals surface area contributed by atoms with Crippen LogP contribution in [0.3, 0.4) is 0 Å². The molecule has 0 saturated carbocycles. The van der Waals surface area contributed by atoms with Crippen molar-refractivity contribution in [3.63, 3.8) is 0 Å². The lowest BCUT2D eigenvalue weighted by Gasteiger charge is -2.17. The van der Waals surface area contributed by atoms with E-state index in [1.165, 1.54) is 4.88 Å². The van der Waals surface area contributed by atoms with Gasteiger partial charge in [0.05, 0.1) is 23.6 Å². The van der Waals surface area contributed by atoms with E-state index in [-0.39, 0.29) is 6.04 Å². The van der Waals surface area contributed by atoms with E-state index >= 15 is 0 Å². The molecule has 3 rings (SSSR count). The molecule has 0 fully saturated rings. The highest BCUT2D eigenvalue weighted by Gasteiger charge is 2.20. The highest BCUT2D eigenvalue weighted by atomic mass is 79.9. The number of nitrogens with one attached hydrogen (secondary N) is 1. The van der Waals surface area contributed by atoms with Gasteiger partial charge in [-0.1, -0.05) is 30.3 Å². The fourth-order valence-electron chi connectivity index (χ4n) is 2.24. The molecular weight excluding hydrogens is 348 g/mol. The largest absolute Gasteiger partial charge is 0.305 e. The lowest BCUT2D eigenvalue weighted by atomic mass is 10.1. The highest BCUT2D eigenvalue weighted by Crippen LogP contribution is 2.30. The first-order valence-corrected chi connectivity index (χ1v) is 8.40. The smallest absolute Gasteiger partial charge is 0.0868 e. The Hall–Kier alpha value is -1.50. The summed E-state index contributed by atoms with van der Waals surface area (Å²) in [5, 5.41) is 13.9. The lowest BCUT2D eigenvalue weighted by molar-refractivity contribution is 0.599. The molecule has 0 spiro atoms. The van der Waals surface area contributed by atoms with Gasteiger partial charge in [-0.3, -0.25) is 0 Å². The van der Waals surface area contributed by atoms with Gasteiger partial charge in [-0.25, -0.2) is 4.68 Å². The van der Waals surface area contributed by atoms with Crippen molar-refractivity contribution < 1.29 is 0 Å². The summed E-state index contributed by atoms with van der Waals surface area (Å²) in [6.07, 6.45) is 1.83. The van der Waals surface area contributed by atoms with Gasteiger partial charge < -0.3 is 5.32 Å². The average molecular weight is 363 g/mol. The number of aromatic nitrogens is 3. The van der Waals surface area contributed by atoms with Crippen LogP contribution in [0.5, 0.6) is 0 Å². The summed E-state index contributed by atoms with van der Waals surface area (Å²) in [6, 6.07) is 12.3. The molecule has 108 valence electrons. The van der Waals surface area contributed by atoms with Crippen LogP contribution in [0.1, 0.15) is 23.5 Å². The zero-order valence-corrected chi connectivity index (χ0v) is 13.9. The summed E-state index contributed by atoms with van der Waals surface area (Å²) < 4.78 is 2.99. The molecule has 0 amide bonds. The second-order valence-electron chi connectivity index (χ2n) is 4.56. The third-order valence-corrected chi connectivity index (χ3v) is 4.91. The molecule has 1 aromatic carbocycles. The van der Waals surface area contributed by atoms with E-state index in [4.69, 9.17) is 0 Å². The van der Waals surface area contributed by atoms with E-state index < -0.39 is 0 Å². The number of hydrogen-bond donors (Lipinski definition) is 1. The number of benzene rings is 1. The molecule has 6 heteroatoms. The maximum Gasteiger partial charge on any atom is 0.0868 e. The first kappa shape index (κ1) is 14.4. The van der Waals surface area contributed by atoms with E-state index in [1.807, 2.05) is 41.2 Å². The minimum Gasteiger partial charge on any atom is -0.305 e. The molecule has 0 aliphatic heterocycles. The third kappa shape index (κ3) is 3.07. The molecule has 1 unspecified atom stereocenters. The summed E-state index contributed by atoms with van der Waals surface area (Å²) in [4.78, 5) is 1.24. The van der Waals surface area contributed by atoms with Crippen molar-refractivity contribution in [3.05, 3.63) is 63.0 Å². The van der Waals surface area contributed by atoms with Crippen molar-refractivity contribution in [2.75, 3.05) is 6.54 Å². The Morgan fingerprint density at radius 1 is 1.33 bits per heavy atom. The molecule has 21 heavy (non-hydrogen) atoms. The van der Waals surface area contributed by atoms with Gasteiger partial charge in [0.2, 0.25) is 0 Å². The Morgan fingerprint density at radius 2 is 2.14 bits per heavy atom. The molecule has 0 bridgehead atoms. The molecule has 0 radical (unpaired) electrons. The van der Waals surface area contributed by atoms with Gasteiger partial charge in [0, 0.05) is 14.7 Å². The topological polar surface area (TPSA) is 42.7 Å². The van der Waals surface area contributed by atoms with Crippen LogP contribution in [0.15, 0.2) is 52.4 Å². The minimum atomic E-state index is 0.0847. The molecule has 0 saturated heterocycles. The van der Waals surface area contributed by atoms with Crippen molar-refractivity contribution in [1.82, 2.24) is 20.3 Å². The van der Waals surface area contributed by atoms with Crippen molar-refractivity contribution >= 4 is 27.3 Å². The van der Waals surface area contributed by atoms with E-state index in [1.54, 1.807) is 11.3 Å². The van der Waals surface area contributed by atoms with Gasteiger partial charge in [0.25, 0.3) is 0 Å². The summed E-state index contributed by atoms with van der Waals surface area (Å²) in [5.41, 5.74) is 2.06. The van der Waals surface area contributed by atoms with Crippen molar-refractivity contribution in [2.45, 2.75) is 13.0 Å². The number of nitrogens with zero attached hydrogens (tertiary/aromatic N) is 3. The van der Waals surface area contributed by atoms with Crippen LogP contribution in [-0.2, 0) is 0 Å². The van der Waals surface area contributed by atoms with Crippen LogP contribution in [0.4, 0.5) is 0 Å². The van der Waals surface area contributed by atoms with Gasteiger partial charge in [-0.05, 0) is 40.7 Å². The lowest BCUT2D eigenvalue weighted by Crippen LogP contribution is -2.23. The zero-order valence-electron chi connectivity index (χ0n) is 11.5. The Labute approximate surface area is 135 Å². The molecule has 2 heterocycles. The molecule has 3 aromatic rings. The van der Waals surface area contributed by atoms with E-state index in [9.17, 15) is 0 Å². The number of rotatable bonds is 5. The van der Waals surface area contributed by atoms with Crippen LogP contribution < -0.4 is 5.32 Å². The van der Waals surface area contributed by atoms with E-state index in [2.05, 4.69) is 49.9 Å². The normalized spacial score (nSPS) is 12.5. The van der Waals surface area contributed by atoms with Crippen LogP contribution in [0, 0.1) is 0 Å². The Bertz CT molecular complexity index is 707. The van der Waals surface area contributed by atoms with E-state index in [0.717, 1.165) is 22.4 Å². The van der Waals surface area contributed by atoms with Crippen LogP contribution in [0.2, 0.25) is 0 Å². The Kier molecular flexibility index (Phi) is 4.48. The fourth-order valence-corrected chi connectivity index (χ4v) is 3.77. The van der Waals surface area contributed by atoms with Crippen molar-refractivity contribution in [3.8, 4) is 5.69 Å². The summed E-state index contributed by atoms with van der Waals surface area (Å²) in [5.74, 6) is 0. The SMILES string of the molecule is CCNC(c1cc(Br)cs1)c1cnnn1-c1ccccc1. The number of thiophene rings is 1. The molecule has 2 aromatic heterocycles. The van der Waals surface area contributed by atoms with Crippen LogP contribution >= 0.6 is 27.3 Å². The monoisotopic (exact) mass is 362 g/mol. The molecule has 4 nitrogen and oxygen atoms in total. The standard InChI is InChI=1S/C15H15BrN4S/c1-2-17-15(14-8-11(16)10-21-14)13-9-18-19-20(13)12-6-4-3-5-7-12/h3-10,15,17H,2H2,1H3. The second-order valence-corrected chi connectivity index (χ2v) is 6.42. The van der Waals surface area contributed by atoms with Crippen LogP contribution in [0.25, 0.3) is 5.69 Å². The first-order chi connectivity index (χ1) is 10.3. The zero-order chi connectivity index (χ0) is 14.7. The van der Waals surface area contributed by atoms with Gasteiger partial charge in [-0.2, -0.15) is 0 Å². The predicted molar refractivity (Wildman–Crippen MR) is 88.9 cm³/mol. The molecule has 0 aliphatic carbocycles. The molecule has 1 N–H and O–H groups in total. The summed E-state index contributed by atoms with van der Waals surface area (Å²) in [7, 11) is 0. The number of halogens is 1. The third-order valence-electron chi connectivity index (χ3n) is 3.15.